The summed E-state index contributed by atoms with van der Waals surface area (Å²) in [5, 5.41) is 0.324. The van der Waals surface area contributed by atoms with Crippen LogP contribution in [0.25, 0.3) is 0 Å². The van der Waals surface area contributed by atoms with Gasteiger partial charge in [0.15, 0.2) is 0 Å². The second-order valence-electron chi connectivity index (χ2n) is 8.33. The van der Waals surface area contributed by atoms with E-state index in [0.29, 0.717) is 10.6 Å². The van der Waals surface area contributed by atoms with Crippen molar-refractivity contribution in [1.82, 2.24) is 4.72 Å². The average molecular weight is 470 g/mol. The molecule has 0 saturated heterocycles. The van der Waals surface area contributed by atoms with Crippen LogP contribution >= 0.6 is 11.6 Å². The van der Waals surface area contributed by atoms with Crippen LogP contribution in [-0.2, 0) is 22.9 Å². The number of carbonyl (C=O) groups excluding carboxylic acids is 1. The minimum Gasteiger partial charge on any atom is -0.487 e. The molecule has 0 aliphatic carbocycles. The van der Waals surface area contributed by atoms with Crippen molar-refractivity contribution in [3.63, 3.8) is 0 Å². The highest BCUT2D eigenvalue weighted by atomic mass is 35.5. The number of nitrogens with one attached hydrogen (secondary N) is 1. The van der Waals surface area contributed by atoms with Crippen molar-refractivity contribution < 1.29 is 17.9 Å². The molecule has 1 heterocycles. The Kier molecular flexibility index (Phi) is 6.01. The molecule has 0 unspecified atom stereocenters. The third-order valence-electron chi connectivity index (χ3n) is 5.76. The molecule has 5 nitrogen and oxygen atoms in total. The maximum atomic E-state index is 12.7. The quantitative estimate of drug-likeness (QED) is 0.564. The van der Waals surface area contributed by atoms with Gasteiger partial charge in [0.1, 0.15) is 11.4 Å². The van der Waals surface area contributed by atoms with Crippen LogP contribution in [-0.4, -0.2) is 19.9 Å². The maximum Gasteiger partial charge on any atom is 0.265 e. The number of carbonyl (C=O) groups is 1. The third-order valence-corrected chi connectivity index (χ3v) is 7.64. The summed E-state index contributed by atoms with van der Waals surface area (Å²) in [4.78, 5) is 12.7. The van der Waals surface area contributed by atoms with Gasteiger partial charge in [-0.3, -0.25) is 4.79 Å². The number of aryl methyl sites for hydroxylation is 1. The van der Waals surface area contributed by atoms with Gasteiger partial charge in [0.05, 0.1) is 4.90 Å². The Labute approximate surface area is 193 Å². The summed E-state index contributed by atoms with van der Waals surface area (Å²) in [7, 11) is -4.05. The summed E-state index contributed by atoms with van der Waals surface area (Å²) < 4.78 is 33.9. The molecule has 0 bridgehead atoms. The molecule has 7 heteroatoms. The minimum absolute atomic E-state index is 0.0173. The number of fused-ring (bicyclic) bond motifs is 1. The lowest BCUT2D eigenvalue weighted by Crippen LogP contribution is -2.38. The monoisotopic (exact) mass is 469 g/mol. The molecular formula is C25H24ClNO4S. The summed E-state index contributed by atoms with van der Waals surface area (Å²) in [6, 6.07) is 19.8. The van der Waals surface area contributed by atoms with Gasteiger partial charge in [-0.05, 0) is 73.7 Å². The Bertz CT molecular complexity index is 1270. The fourth-order valence-corrected chi connectivity index (χ4v) is 5.47. The molecule has 3 aromatic rings. The van der Waals surface area contributed by atoms with Crippen LogP contribution in [0.2, 0.25) is 5.02 Å². The lowest BCUT2D eigenvalue weighted by atomic mass is 9.87. The number of ether oxygens (including phenoxy) is 1. The largest absolute Gasteiger partial charge is 0.487 e. The summed E-state index contributed by atoms with van der Waals surface area (Å²) in [6.45, 7) is 3.69. The van der Waals surface area contributed by atoms with Gasteiger partial charge < -0.3 is 4.74 Å². The number of rotatable bonds is 5. The lowest BCUT2D eigenvalue weighted by Gasteiger charge is -2.36. The van der Waals surface area contributed by atoms with Crippen LogP contribution in [0, 0.1) is 6.92 Å². The Morgan fingerprint density at radius 3 is 2.59 bits per heavy atom. The fourth-order valence-electron chi connectivity index (χ4n) is 4.00. The van der Waals surface area contributed by atoms with E-state index in [1.165, 1.54) is 17.7 Å². The van der Waals surface area contributed by atoms with Crippen LogP contribution in [0.15, 0.2) is 71.6 Å². The van der Waals surface area contributed by atoms with E-state index in [-0.39, 0.29) is 16.1 Å². The van der Waals surface area contributed by atoms with E-state index >= 15 is 0 Å². The topological polar surface area (TPSA) is 72.5 Å². The molecule has 0 radical (unpaired) electrons. The number of halogens is 1. The van der Waals surface area contributed by atoms with E-state index in [4.69, 9.17) is 16.3 Å². The van der Waals surface area contributed by atoms with Gasteiger partial charge >= 0.3 is 0 Å². The SMILES string of the molecule is Cc1c(Cl)cccc1S(=O)(=O)NC(=O)c1ccc2c(c1)CC[C@](C)(Cc1ccccc1)O2. The smallest absolute Gasteiger partial charge is 0.265 e. The van der Waals surface area contributed by atoms with Gasteiger partial charge in [-0.25, -0.2) is 13.1 Å². The molecule has 1 aliphatic rings. The molecule has 0 saturated carbocycles. The van der Waals surface area contributed by atoms with Gasteiger partial charge in [-0.15, -0.1) is 0 Å². The standard InChI is InChI=1S/C25H24ClNO4S/c1-17-21(26)9-6-10-23(17)32(29,30)27-24(28)20-11-12-22-19(15-20)13-14-25(2,31-22)16-18-7-4-3-5-8-18/h3-12,15H,13-14,16H2,1-2H3,(H,27,28)/t25-/m1/s1. The second-order valence-corrected chi connectivity index (χ2v) is 10.4. The maximum absolute atomic E-state index is 12.7. The van der Waals surface area contributed by atoms with Crippen molar-refractivity contribution in [2.24, 2.45) is 0 Å². The highest BCUT2D eigenvalue weighted by Crippen LogP contribution is 2.36. The highest BCUT2D eigenvalue weighted by molar-refractivity contribution is 7.90. The van der Waals surface area contributed by atoms with Crippen LogP contribution in [0.1, 0.15) is 40.4 Å². The van der Waals surface area contributed by atoms with Crippen LogP contribution in [0.5, 0.6) is 5.75 Å². The molecule has 1 atom stereocenters. The molecule has 166 valence electrons. The molecule has 3 aromatic carbocycles. The molecule has 4 rings (SSSR count). The van der Waals surface area contributed by atoms with Crippen molar-refractivity contribution in [2.75, 3.05) is 0 Å². The van der Waals surface area contributed by atoms with Gasteiger partial charge in [0.2, 0.25) is 0 Å². The van der Waals surface area contributed by atoms with E-state index in [2.05, 4.69) is 23.8 Å². The zero-order valence-corrected chi connectivity index (χ0v) is 19.5. The van der Waals surface area contributed by atoms with E-state index < -0.39 is 15.9 Å². The zero-order chi connectivity index (χ0) is 22.9. The Morgan fingerprint density at radius 1 is 1.09 bits per heavy atom. The summed E-state index contributed by atoms with van der Waals surface area (Å²) >= 11 is 6.04. The van der Waals surface area contributed by atoms with Crippen LogP contribution in [0.4, 0.5) is 0 Å². The summed E-state index contributed by atoms with van der Waals surface area (Å²) in [6.07, 6.45) is 2.31. The van der Waals surface area contributed by atoms with Gasteiger partial charge in [-0.2, -0.15) is 0 Å². The predicted molar refractivity (Wildman–Crippen MR) is 125 cm³/mol. The molecule has 1 amide bonds. The average Bonchev–Trinajstić information content (AvgIpc) is 2.75. The number of benzene rings is 3. The molecule has 0 fully saturated rings. The minimum atomic E-state index is -4.05. The van der Waals surface area contributed by atoms with E-state index in [1.807, 2.05) is 18.2 Å². The van der Waals surface area contributed by atoms with Crippen molar-refractivity contribution in [3.8, 4) is 5.75 Å². The number of hydrogen-bond donors (Lipinski definition) is 1. The third kappa shape index (κ3) is 4.66. The highest BCUT2D eigenvalue weighted by Gasteiger charge is 2.32. The molecule has 0 spiro atoms. The van der Waals surface area contributed by atoms with E-state index in [0.717, 1.165) is 30.6 Å². The van der Waals surface area contributed by atoms with Crippen LogP contribution in [0.3, 0.4) is 0 Å². The molecular weight excluding hydrogens is 446 g/mol. The number of hydrogen-bond acceptors (Lipinski definition) is 4. The van der Waals surface area contributed by atoms with E-state index in [9.17, 15) is 13.2 Å². The van der Waals surface area contributed by atoms with Crippen molar-refractivity contribution in [2.45, 2.75) is 43.6 Å². The predicted octanol–water partition coefficient (Wildman–Crippen LogP) is 5.09. The molecule has 1 N–H and O–H groups in total. The first kappa shape index (κ1) is 22.4. The summed E-state index contributed by atoms with van der Waals surface area (Å²) in [5.74, 6) is 0.0320. The molecule has 1 aliphatic heterocycles. The second kappa shape index (κ2) is 8.60. The van der Waals surface area contributed by atoms with Gasteiger partial charge in [0, 0.05) is 17.0 Å². The first-order valence-electron chi connectivity index (χ1n) is 10.3. The van der Waals surface area contributed by atoms with Crippen molar-refractivity contribution in [3.05, 3.63) is 94.0 Å². The van der Waals surface area contributed by atoms with Crippen molar-refractivity contribution >= 4 is 27.5 Å². The van der Waals surface area contributed by atoms with Gasteiger partial charge in [0.25, 0.3) is 15.9 Å². The number of sulfonamides is 1. The lowest BCUT2D eigenvalue weighted by molar-refractivity contribution is 0.0654. The van der Waals surface area contributed by atoms with Gasteiger partial charge in [-0.1, -0.05) is 48.0 Å². The van der Waals surface area contributed by atoms with Crippen molar-refractivity contribution in [1.29, 1.82) is 0 Å². The Morgan fingerprint density at radius 2 is 1.84 bits per heavy atom. The molecule has 32 heavy (non-hydrogen) atoms. The summed E-state index contributed by atoms with van der Waals surface area (Å²) in [5.41, 5.74) is 2.41. The number of amides is 1. The van der Waals surface area contributed by atoms with E-state index in [1.54, 1.807) is 31.2 Å². The Hall–Kier alpha value is -2.83. The van der Waals surface area contributed by atoms with Crippen LogP contribution < -0.4 is 9.46 Å². The first-order valence-corrected chi connectivity index (χ1v) is 12.2. The zero-order valence-electron chi connectivity index (χ0n) is 17.9. The first-order chi connectivity index (χ1) is 15.2. The normalized spacial score (nSPS) is 17.8. The molecule has 0 aromatic heterocycles. The fraction of sp³-hybridized carbons (Fsp3) is 0.240. The Balaban J connectivity index is 1.51.